The fourth-order valence-electron chi connectivity index (χ4n) is 4.62. The lowest BCUT2D eigenvalue weighted by Crippen LogP contribution is -2.44. The lowest BCUT2D eigenvalue weighted by atomic mass is 10.1. The summed E-state index contributed by atoms with van der Waals surface area (Å²) < 4.78 is 19.1. The Balaban J connectivity index is 1.35. The molecule has 0 unspecified atom stereocenters. The van der Waals surface area contributed by atoms with Crippen LogP contribution in [0, 0.1) is 5.82 Å². The molecular weight excluding hydrogens is 469 g/mol. The van der Waals surface area contributed by atoms with Gasteiger partial charge in [0, 0.05) is 41.8 Å². The smallest absolute Gasteiger partial charge is 0.254 e. The zero-order chi connectivity index (χ0) is 25.8. The molecule has 190 valence electrons. The van der Waals surface area contributed by atoms with Gasteiger partial charge in [-0.1, -0.05) is 36.4 Å². The van der Waals surface area contributed by atoms with E-state index in [1.54, 1.807) is 23.0 Å². The third-order valence-electron chi connectivity index (χ3n) is 6.84. The summed E-state index contributed by atoms with van der Waals surface area (Å²) in [6, 6.07) is 21.4. The van der Waals surface area contributed by atoms with Gasteiger partial charge < -0.3 is 19.5 Å². The molecule has 1 aromatic heterocycles. The molecular formula is C30H30FN3O3. The van der Waals surface area contributed by atoms with Crippen LogP contribution in [0.3, 0.4) is 0 Å². The third kappa shape index (κ3) is 5.82. The molecule has 0 spiro atoms. The van der Waals surface area contributed by atoms with Crippen LogP contribution in [0.5, 0.6) is 5.75 Å². The summed E-state index contributed by atoms with van der Waals surface area (Å²) in [6.07, 6.45) is 4.36. The van der Waals surface area contributed by atoms with E-state index in [2.05, 4.69) is 11.1 Å². The van der Waals surface area contributed by atoms with E-state index in [0.717, 1.165) is 40.6 Å². The summed E-state index contributed by atoms with van der Waals surface area (Å²) in [7, 11) is 1.62. The third-order valence-corrected chi connectivity index (χ3v) is 6.84. The molecule has 0 radical (unpaired) electrons. The van der Waals surface area contributed by atoms with E-state index in [0.29, 0.717) is 19.5 Å². The predicted molar refractivity (Wildman–Crippen MR) is 141 cm³/mol. The topological polar surface area (TPSA) is 65.6 Å². The second-order valence-electron chi connectivity index (χ2n) is 9.45. The van der Waals surface area contributed by atoms with E-state index in [4.69, 9.17) is 4.74 Å². The molecule has 0 saturated heterocycles. The molecule has 1 aliphatic carbocycles. The molecule has 1 saturated carbocycles. The maximum Gasteiger partial charge on any atom is 0.254 e. The number of nitrogens with one attached hydrogen (secondary N) is 1. The number of H-pyrrole nitrogens is 1. The maximum atomic E-state index is 13.8. The molecule has 4 aromatic rings. The van der Waals surface area contributed by atoms with Crippen LogP contribution in [0.1, 0.15) is 34.3 Å². The summed E-state index contributed by atoms with van der Waals surface area (Å²) >= 11 is 0. The minimum atomic E-state index is -0.465. The highest BCUT2D eigenvalue weighted by atomic mass is 19.1. The summed E-state index contributed by atoms with van der Waals surface area (Å²) in [6.45, 7) is 0.876. The number of aromatic amines is 1. The van der Waals surface area contributed by atoms with E-state index < -0.39 is 5.82 Å². The van der Waals surface area contributed by atoms with Gasteiger partial charge in [-0.2, -0.15) is 0 Å². The number of carbonyl (C=O) groups excluding carboxylic acids is 2. The Kier molecular flexibility index (Phi) is 7.21. The van der Waals surface area contributed by atoms with Crippen molar-refractivity contribution in [2.45, 2.75) is 31.8 Å². The summed E-state index contributed by atoms with van der Waals surface area (Å²) in [5, 5.41) is 1.14. The van der Waals surface area contributed by atoms with Gasteiger partial charge in [-0.15, -0.1) is 0 Å². The van der Waals surface area contributed by atoms with Gasteiger partial charge in [0.05, 0.1) is 7.11 Å². The number of ether oxygens (including phenoxy) is 1. The Hall–Kier alpha value is -4.13. The second-order valence-corrected chi connectivity index (χ2v) is 9.45. The number of carbonyl (C=O) groups is 2. The summed E-state index contributed by atoms with van der Waals surface area (Å²) in [5.74, 6) is -0.155. The lowest BCUT2D eigenvalue weighted by molar-refractivity contribution is -0.132. The van der Waals surface area contributed by atoms with E-state index in [9.17, 15) is 14.0 Å². The number of hydrogen-bond donors (Lipinski definition) is 1. The Morgan fingerprint density at radius 1 is 1.03 bits per heavy atom. The number of para-hydroxylation sites is 1. The van der Waals surface area contributed by atoms with Gasteiger partial charge in [0.1, 0.15) is 18.1 Å². The average molecular weight is 500 g/mol. The van der Waals surface area contributed by atoms with Gasteiger partial charge in [-0.3, -0.25) is 9.59 Å². The van der Waals surface area contributed by atoms with Crippen molar-refractivity contribution >= 4 is 22.7 Å². The summed E-state index contributed by atoms with van der Waals surface area (Å²) in [5.41, 5.74) is 3.44. The van der Waals surface area contributed by atoms with Crippen molar-refractivity contribution in [2.24, 2.45) is 0 Å². The molecule has 6 nitrogen and oxygen atoms in total. The van der Waals surface area contributed by atoms with Crippen LogP contribution >= 0.6 is 0 Å². The quantitative estimate of drug-likeness (QED) is 0.327. The first kappa shape index (κ1) is 24.6. The van der Waals surface area contributed by atoms with E-state index >= 15 is 0 Å². The highest BCUT2D eigenvalue weighted by molar-refractivity contribution is 5.97. The Labute approximate surface area is 215 Å². The predicted octanol–water partition coefficient (Wildman–Crippen LogP) is 5.19. The van der Waals surface area contributed by atoms with Crippen LogP contribution in [-0.2, 0) is 17.8 Å². The number of hydrogen-bond acceptors (Lipinski definition) is 3. The highest BCUT2D eigenvalue weighted by Crippen LogP contribution is 2.29. The molecule has 7 heteroatoms. The molecule has 2 amide bonds. The maximum absolute atomic E-state index is 13.8. The normalized spacial score (nSPS) is 12.9. The zero-order valence-corrected chi connectivity index (χ0v) is 20.8. The van der Waals surface area contributed by atoms with Gasteiger partial charge in [0.15, 0.2) is 0 Å². The number of aromatic nitrogens is 1. The van der Waals surface area contributed by atoms with E-state index in [1.807, 2.05) is 48.7 Å². The molecule has 1 N–H and O–H groups in total. The number of methoxy groups -OCH3 is 1. The second kappa shape index (κ2) is 10.9. The largest absolute Gasteiger partial charge is 0.497 e. The molecule has 0 atom stereocenters. The van der Waals surface area contributed by atoms with Crippen molar-refractivity contribution in [3.8, 4) is 5.75 Å². The molecule has 0 bridgehead atoms. The van der Waals surface area contributed by atoms with Crippen LogP contribution < -0.4 is 4.74 Å². The molecule has 3 aromatic carbocycles. The molecule has 0 aliphatic heterocycles. The van der Waals surface area contributed by atoms with Crippen molar-refractivity contribution < 1.29 is 18.7 Å². The first-order chi connectivity index (χ1) is 18.0. The number of amides is 2. The standard InChI is InChI=1S/C30H30FN3O3/c1-37-26-13-9-21(10-14-26)19-33(16-15-23-18-32-28-8-3-2-7-27(23)28)29(35)20-34(25-11-12-25)30(36)22-5-4-6-24(31)17-22/h2-10,13-14,17-18,25,32H,11-12,15-16,19-20H2,1H3. The van der Waals surface area contributed by atoms with Gasteiger partial charge in [-0.25, -0.2) is 4.39 Å². The van der Waals surface area contributed by atoms with Crippen molar-refractivity contribution in [3.05, 3.63) is 102 Å². The monoisotopic (exact) mass is 499 g/mol. The Morgan fingerprint density at radius 3 is 2.54 bits per heavy atom. The first-order valence-corrected chi connectivity index (χ1v) is 12.5. The van der Waals surface area contributed by atoms with Crippen LogP contribution in [0.2, 0.25) is 0 Å². The fourth-order valence-corrected chi connectivity index (χ4v) is 4.62. The van der Waals surface area contributed by atoms with Gasteiger partial charge >= 0.3 is 0 Å². The van der Waals surface area contributed by atoms with E-state index in [-0.39, 0.29) is 30.0 Å². The SMILES string of the molecule is COc1ccc(CN(CCc2c[nH]c3ccccc23)C(=O)CN(C(=O)c2cccc(F)c2)C2CC2)cc1. The fraction of sp³-hybridized carbons (Fsp3) is 0.267. The molecule has 37 heavy (non-hydrogen) atoms. The van der Waals surface area contributed by atoms with Crippen LogP contribution in [0.4, 0.5) is 4.39 Å². The van der Waals surface area contributed by atoms with Gasteiger partial charge in [0.2, 0.25) is 5.91 Å². The van der Waals surface area contributed by atoms with Crippen molar-refractivity contribution in [2.75, 3.05) is 20.2 Å². The molecule has 1 heterocycles. The number of benzene rings is 3. The van der Waals surface area contributed by atoms with Crippen LogP contribution in [-0.4, -0.2) is 52.8 Å². The number of rotatable bonds is 10. The molecule has 1 fully saturated rings. The van der Waals surface area contributed by atoms with Gasteiger partial charge in [-0.05, 0) is 66.8 Å². The summed E-state index contributed by atoms with van der Waals surface area (Å²) in [4.78, 5) is 33.6. The van der Waals surface area contributed by atoms with Crippen LogP contribution in [0.25, 0.3) is 10.9 Å². The lowest BCUT2D eigenvalue weighted by Gasteiger charge is -2.28. The minimum Gasteiger partial charge on any atom is -0.497 e. The molecule has 1 aliphatic rings. The Morgan fingerprint density at radius 2 is 1.81 bits per heavy atom. The number of fused-ring (bicyclic) bond motifs is 1. The highest BCUT2D eigenvalue weighted by Gasteiger charge is 2.35. The van der Waals surface area contributed by atoms with Crippen molar-refractivity contribution in [1.82, 2.24) is 14.8 Å². The average Bonchev–Trinajstić information content (AvgIpc) is 3.69. The zero-order valence-electron chi connectivity index (χ0n) is 20.8. The van der Waals surface area contributed by atoms with Crippen molar-refractivity contribution in [3.63, 3.8) is 0 Å². The molecule has 5 rings (SSSR count). The van der Waals surface area contributed by atoms with Crippen molar-refractivity contribution in [1.29, 1.82) is 0 Å². The number of halogens is 1. The van der Waals surface area contributed by atoms with Gasteiger partial charge in [0.25, 0.3) is 5.91 Å². The minimum absolute atomic E-state index is 0.0103. The van der Waals surface area contributed by atoms with E-state index in [1.165, 1.54) is 18.2 Å². The van der Waals surface area contributed by atoms with Crippen LogP contribution in [0.15, 0.2) is 79.0 Å². The number of nitrogens with zero attached hydrogens (tertiary/aromatic N) is 2. The first-order valence-electron chi connectivity index (χ1n) is 12.5. The Bertz CT molecular complexity index is 1390.